The molecule has 0 aliphatic rings. The van der Waals surface area contributed by atoms with Crippen LogP contribution in [0, 0.1) is 0 Å². The summed E-state index contributed by atoms with van der Waals surface area (Å²) in [5.74, 6) is 0.496. The van der Waals surface area contributed by atoms with Gasteiger partial charge in [0, 0.05) is 23.7 Å². The summed E-state index contributed by atoms with van der Waals surface area (Å²) in [4.78, 5) is 14.7. The Morgan fingerprint density at radius 2 is 2.00 bits per heavy atom. The van der Waals surface area contributed by atoms with Crippen LogP contribution in [0.1, 0.15) is 10.4 Å². The molecule has 0 aliphatic carbocycles. The quantitative estimate of drug-likeness (QED) is 0.871. The molecule has 3 nitrogen and oxygen atoms in total. The lowest BCUT2D eigenvalue weighted by atomic mass is 10.2. The standard InChI is InChI=1S/C15H14ClNO2S/c1-17(10-4-3-5-11(8-10)19-2)15(18)13-9-12(20)6-7-14(13)16/h3-9,20H,1-2H3. The fourth-order valence-corrected chi connectivity index (χ4v) is 2.20. The molecule has 0 aromatic heterocycles. The molecule has 0 saturated carbocycles. The molecular formula is C15H14ClNO2S. The molecule has 0 bridgehead atoms. The molecule has 0 atom stereocenters. The van der Waals surface area contributed by atoms with Crippen molar-refractivity contribution in [3.05, 3.63) is 53.1 Å². The first-order valence-corrected chi connectivity index (χ1v) is 6.76. The minimum atomic E-state index is -0.195. The predicted octanol–water partition coefficient (Wildman–Crippen LogP) is 3.91. The van der Waals surface area contributed by atoms with Crippen molar-refractivity contribution in [1.29, 1.82) is 0 Å². The maximum absolute atomic E-state index is 12.5. The normalized spacial score (nSPS) is 10.2. The van der Waals surface area contributed by atoms with Crippen molar-refractivity contribution < 1.29 is 9.53 Å². The second-order valence-electron chi connectivity index (χ2n) is 4.23. The Morgan fingerprint density at radius 3 is 2.70 bits per heavy atom. The van der Waals surface area contributed by atoms with Crippen LogP contribution in [0.15, 0.2) is 47.4 Å². The van der Waals surface area contributed by atoms with E-state index in [0.29, 0.717) is 21.2 Å². The number of nitrogens with zero attached hydrogens (tertiary/aromatic N) is 1. The number of carbonyl (C=O) groups is 1. The number of rotatable bonds is 3. The summed E-state index contributed by atoms with van der Waals surface area (Å²) in [7, 11) is 3.28. The van der Waals surface area contributed by atoms with E-state index in [2.05, 4.69) is 12.6 Å². The van der Waals surface area contributed by atoms with Crippen LogP contribution in [0.4, 0.5) is 5.69 Å². The van der Waals surface area contributed by atoms with Gasteiger partial charge in [-0.25, -0.2) is 0 Å². The molecule has 0 N–H and O–H groups in total. The first-order valence-electron chi connectivity index (χ1n) is 5.93. The van der Waals surface area contributed by atoms with E-state index in [9.17, 15) is 4.79 Å². The van der Waals surface area contributed by atoms with Crippen LogP contribution < -0.4 is 9.64 Å². The van der Waals surface area contributed by atoms with Gasteiger partial charge >= 0.3 is 0 Å². The summed E-state index contributed by atoms with van der Waals surface area (Å²) in [6.45, 7) is 0. The summed E-state index contributed by atoms with van der Waals surface area (Å²) >= 11 is 10.3. The summed E-state index contributed by atoms with van der Waals surface area (Å²) in [6.07, 6.45) is 0. The molecular weight excluding hydrogens is 294 g/mol. The molecule has 2 rings (SSSR count). The minimum absolute atomic E-state index is 0.195. The van der Waals surface area contributed by atoms with Crippen molar-refractivity contribution in [2.24, 2.45) is 0 Å². The number of methoxy groups -OCH3 is 1. The number of benzene rings is 2. The van der Waals surface area contributed by atoms with Gasteiger partial charge in [-0.2, -0.15) is 0 Å². The molecule has 0 heterocycles. The number of hydrogen-bond acceptors (Lipinski definition) is 3. The average Bonchev–Trinajstić information content (AvgIpc) is 2.48. The van der Waals surface area contributed by atoms with Crippen molar-refractivity contribution in [3.8, 4) is 5.75 Å². The maximum atomic E-state index is 12.5. The van der Waals surface area contributed by atoms with Gasteiger partial charge in [0.15, 0.2) is 0 Å². The Hall–Kier alpha value is -1.65. The highest BCUT2D eigenvalue weighted by Crippen LogP contribution is 2.25. The lowest BCUT2D eigenvalue weighted by Gasteiger charge is -2.19. The first-order chi connectivity index (χ1) is 9.52. The molecule has 20 heavy (non-hydrogen) atoms. The van der Waals surface area contributed by atoms with Crippen LogP contribution in [0.3, 0.4) is 0 Å². The van der Waals surface area contributed by atoms with E-state index in [1.807, 2.05) is 18.2 Å². The monoisotopic (exact) mass is 307 g/mol. The highest BCUT2D eigenvalue weighted by Gasteiger charge is 2.17. The number of hydrogen-bond donors (Lipinski definition) is 1. The molecule has 1 amide bonds. The fourth-order valence-electron chi connectivity index (χ4n) is 1.79. The van der Waals surface area contributed by atoms with Gasteiger partial charge < -0.3 is 9.64 Å². The molecule has 0 unspecified atom stereocenters. The van der Waals surface area contributed by atoms with Crippen LogP contribution in [0.5, 0.6) is 5.75 Å². The zero-order chi connectivity index (χ0) is 14.7. The van der Waals surface area contributed by atoms with Gasteiger partial charge in [0.1, 0.15) is 5.75 Å². The molecule has 0 radical (unpaired) electrons. The number of ether oxygens (including phenoxy) is 1. The Kier molecular flexibility index (Phi) is 4.57. The van der Waals surface area contributed by atoms with Crippen molar-refractivity contribution in [2.45, 2.75) is 4.90 Å². The zero-order valence-electron chi connectivity index (χ0n) is 11.1. The van der Waals surface area contributed by atoms with Crippen molar-refractivity contribution >= 4 is 35.8 Å². The van der Waals surface area contributed by atoms with Crippen molar-refractivity contribution in [3.63, 3.8) is 0 Å². The van der Waals surface area contributed by atoms with Crippen LogP contribution in [0.25, 0.3) is 0 Å². The smallest absolute Gasteiger partial charge is 0.259 e. The van der Waals surface area contributed by atoms with E-state index >= 15 is 0 Å². The highest BCUT2D eigenvalue weighted by atomic mass is 35.5. The van der Waals surface area contributed by atoms with E-state index in [4.69, 9.17) is 16.3 Å². The fraction of sp³-hybridized carbons (Fsp3) is 0.133. The summed E-state index contributed by atoms with van der Waals surface area (Å²) < 4.78 is 5.16. The van der Waals surface area contributed by atoms with Crippen molar-refractivity contribution in [1.82, 2.24) is 0 Å². The number of thiol groups is 1. The van der Waals surface area contributed by atoms with E-state index in [0.717, 1.165) is 5.69 Å². The third kappa shape index (κ3) is 3.08. The van der Waals surface area contributed by atoms with Crippen LogP contribution in [-0.2, 0) is 0 Å². The van der Waals surface area contributed by atoms with Crippen molar-refractivity contribution in [2.75, 3.05) is 19.1 Å². The Bertz CT molecular complexity index is 646. The Morgan fingerprint density at radius 1 is 1.25 bits per heavy atom. The molecule has 0 fully saturated rings. The maximum Gasteiger partial charge on any atom is 0.259 e. The van der Waals surface area contributed by atoms with Gasteiger partial charge in [0.05, 0.1) is 17.7 Å². The second kappa shape index (κ2) is 6.20. The van der Waals surface area contributed by atoms with E-state index in [1.165, 1.54) is 4.90 Å². The van der Waals surface area contributed by atoms with E-state index in [-0.39, 0.29) is 5.91 Å². The molecule has 2 aromatic carbocycles. The lowest BCUT2D eigenvalue weighted by molar-refractivity contribution is 0.0993. The third-order valence-electron chi connectivity index (χ3n) is 2.93. The van der Waals surface area contributed by atoms with Gasteiger partial charge in [-0.1, -0.05) is 17.7 Å². The molecule has 0 spiro atoms. The number of anilines is 1. The second-order valence-corrected chi connectivity index (χ2v) is 5.15. The van der Waals surface area contributed by atoms with Crippen LogP contribution >= 0.6 is 24.2 Å². The first kappa shape index (κ1) is 14.8. The third-order valence-corrected chi connectivity index (χ3v) is 3.53. The Balaban J connectivity index is 2.34. The van der Waals surface area contributed by atoms with Crippen LogP contribution in [-0.4, -0.2) is 20.1 Å². The SMILES string of the molecule is COc1cccc(N(C)C(=O)c2cc(S)ccc2Cl)c1. The summed E-state index contributed by atoms with van der Waals surface area (Å²) in [5, 5.41) is 0.405. The zero-order valence-corrected chi connectivity index (χ0v) is 12.8. The average molecular weight is 308 g/mol. The predicted molar refractivity (Wildman–Crippen MR) is 84.4 cm³/mol. The number of halogens is 1. The van der Waals surface area contributed by atoms with Gasteiger partial charge in [0.25, 0.3) is 5.91 Å². The summed E-state index contributed by atoms with van der Waals surface area (Å²) in [6, 6.07) is 12.3. The van der Waals surface area contributed by atoms with Gasteiger partial charge in [-0.05, 0) is 30.3 Å². The van der Waals surface area contributed by atoms with Gasteiger partial charge in [-0.15, -0.1) is 12.6 Å². The highest BCUT2D eigenvalue weighted by molar-refractivity contribution is 7.80. The molecule has 0 aliphatic heterocycles. The Labute approximate surface area is 128 Å². The molecule has 0 saturated heterocycles. The van der Waals surface area contributed by atoms with Crippen LogP contribution in [0.2, 0.25) is 5.02 Å². The van der Waals surface area contributed by atoms with Gasteiger partial charge in [-0.3, -0.25) is 4.79 Å². The topological polar surface area (TPSA) is 29.5 Å². The lowest BCUT2D eigenvalue weighted by Crippen LogP contribution is -2.26. The van der Waals surface area contributed by atoms with E-state index in [1.54, 1.807) is 38.4 Å². The minimum Gasteiger partial charge on any atom is -0.497 e. The van der Waals surface area contributed by atoms with Gasteiger partial charge in [0.2, 0.25) is 0 Å². The molecule has 2 aromatic rings. The largest absolute Gasteiger partial charge is 0.497 e. The molecule has 104 valence electrons. The number of carbonyl (C=O) groups excluding carboxylic acids is 1. The summed E-state index contributed by atoms with van der Waals surface area (Å²) in [5.41, 5.74) is 1.15. The molecule has 5 heteroatoms. The number of amides is 1. The van der Waals surface area contributed by atoms with E-state index < -0.39 is 0 Å².